The highest BCUT2D eigenvalue weighted by Gasteiger charge is 2.14. The van der Waals surface area contributed by atoms with E-state index in [0.717, 1.165) is 16.7 Å². The molecule has 1 amide bonds. The van der Waals surface area contributed by atoms with Gasteiger partial charge in [0.15, 0.2) is 5.76 Å². The maximum absolute atomic E-state index is 12.6. The molecular formula is C22H17NO3. The number of fused-ring (bicyclic) bond motifs is 1. The van der Waals surface area contributed by atoms with Gasteiger partial charge in [0, 0.05) is 16.6 Å². The van der Waals surface area contributed by atoms with Crippen molar-refractivity contribution in [2.75, 3.05) is 5.32 Å². The van der Waals surface area contributed by atoms with Gasteiger partial charge in [-0.3, -0.25) is 4.79 Å². The molecule has 4 heteroatoms. The Kier molecular flexibility index (Phi) is 4.39. The minimum absolute atomic E-state index is 0.282. The minimum atomic E-state index is -0.284. The second-order valence-electron chi connectivity index (χ2n) is 5.86. The van der Waals surface area contributed by atoms with Gasteiger partial charge in [-0.25, -0.2) is 0 Å². The molecule has 0 aliphatic rings. The van der Waals surface area contributed by atoms with E-state index < -0.39 is 0 Å². The number of furan rings is 1. The quantitative estimate of drug-likeness (QED) is 0.537. The summed E-state index contributed by atoms with van der Waals surface area (Å²) in [6, 6.07) is 26.4. The van der Waals surface area contributed by atoms with Gasteiger partial charge in [-0.2, -0.15) is 0 Å². The fraction of sp³-hybridized carbons (Fsp3) is 0.0455. The smallest absolute Gasteiger partial charge is 0.291 e. The molecule has 0 aliphatic carbocycles. The third kappa shape index (κ3) is 3.44. The zero-order valence-corrected chi connectivity index (χ0v) is 14.0. The number of nitrogens with one attached hydrogen (secondary N) is 1. The lowest BCUT2D eigenvalue weighted by molar-refractivity contribution is 0.0998. The summed E-state index contributed by atoms with van der Waals surface area (Å²) in [5.41, 5.74) is 2.29. The van der Waals surface area contributed by atoms with Crippen molar-refractivity contribution in [2.24, 2.45) is 0 Å². The molecule has 4 aromatic rings. The first-order chi connectivity index (χ1) is 12.8. The van der Waals surface area contributed by atoms with Gasteiger partial charge in [0.1, 0.15) is 17.9 Å². The van der Waals surface area contributed by atoms with Crippen LogP contribution in [0.5, 0.6) is 5.75 Å². The summed E-state index contributed by atoms with van der Waals surface area (Å²) in [5.74, 6) is 0.782. The average Bonchev–Trinajstić information content (AvgIpc) is 3.12. The van der Waals surface area contributed by atoms with Crippen LogP contribution in [0.4, 0.5) is 5.69 Å². The molecule has 4 nitrogen and oxygen atoms in total. The van der Waals surface area contributed by atoms with Gasteiger partial charge in [0.2, 0.25) is 0 Å². The molecule has 1 N–H and O–H groups in total. The molecule has 0 spiro atoms. The molecule has 0 aliphatic heterocycles. The van der Waals surface area contributed by atoms with Crippen molar-refractivity contribution < 1.29 is 13.9 Å². The molecule has 0 fully saturated rings. The third-order valence-electron chi connectivity index (χ3n) is 4.05. The zero-order valence-electron chi connectivity index (χ0n) is 14.0. The zero-order chi connectivity index (χ0) is 17.8. The van der Waals surface area contributed by atoms with Gasteiger partial charge in [-0.05, 0) is 30.3 Å². The Bertz CT molecular complexity index is 1000. The first-order valence-corrected chi connectivity index (χ1v) is 8.35. The Morgan fingerprint density at radius 2 is 1.62 bits per heavy atom. The van der Waals surface area contributed by atoms with E-state index in [1.807, 2.05) is 78.9 Å². The van der Waals surface area contributed by atoms with Crippen LogP contribution < -0.4 is 10.1 Å². The molecule has 0 unspecified atom stereocenters. The molecule has 1 aromatic heterocycles. The minimum Gasteiger partial charge on any atom is -0.489 e. The van der Waals surface area contributed by atoms with E-state index in [-0.39, 0.29) is 11.7 Å². The average molecular weight is 343 g/mol. The third-order valence-corrected chi connectivity index (χ3v) is 4.05. The highest BCUT2D eigenvalue weighted by Crippen LogP contribution is 2.22. The van der Waals surface area contributed by atoms with E-state index in [9.17, 15) is 4.79 Å². The van der Waals surface area contributed by atoms with Crippen molar-refractivity contribution in [3.63, 3.8) is 0 Å². The number of carbonyl (C=O) groups is 1. The van der Waals surface area contributed by atoms with E-state index in [1.165, 1.54) is 0 Å². The summed E-state index contributed by atoms with van der Waals surface area (Å²) in [7, 11) is 0. The first kappa shape index (κ1) is 16.0. The first-order valence-electron chi connectivity index (χ1n) is 8.35. The van der Waals surface area contributed by atoms with E-state index in [4.69, 9.17) is 9.15 Å². The van der Waals surface area contributed by atoms with Gasteiger partial charge in [0.05, 0.1) is 0 Å². The topological polar surface area (TPSA) is 51.5 Å². The molecule has 1 heterocycles. The molecular weight excluding hydrogens is 326 g/mol. The SMILES string of the molecule is O=C(Nc1ccccc1COc1ccccc1)c1cc2ccccc2o1. The van der Waals surface area contributed by atoms with Crippen LogP contribution in [0.3, 0.4) is 0 Å². The number of hydrogen-bond acceptors (Lipinski definition) is 3. The Labute approximate surface area is 151 Å². The molecule has 0 saturated carbocycles. The number of benzene rings is 3. The number of hydrogen-bond donors (Lipinski definition) is 1. The predicted molar refractivity (Wildman–Crippen MR) is 101 cm³/mol. The van der Waals surface area contributed by atoms with Gasteiger partial charge in [-0.15, -0.1) is 0 Å². The number of para-hydroxylation sites is 3. The number of anilines is 1. The van der Waals surface area contributed by atoms with Gasteiger partial charge in [-0.1, -0.05) is 54.6 Å². The molecule has 26 heavy (non-hydrogen) atoms. The summed E-state index contributed by atoms with van der Waals surface area (Å²) in [6.07, 6.45) is 0. The highest BCUT2D eigenvalue weighted by molar-refractivity contribution is 6.04. The van der Waals surface area contributed by atoms with Crippen LogP contribution in [0.1, 0.15) is 16.1 Å². The molecule has 0 atom stereocenters. The van der Waals surface area contributed by atoms with Crippen LogP contribution >= 0.6 is 0 Å². The molecule has 0 bridgehead atoms. The maximum Gasteiger partial charge on any atom is 0.291 e. The van der Waals surface area contributed by atoms with Gasteiger partial charge < -0.3 is 14.5 Å². The molecule has 0 saturated heterocycles. The van der Waals surface area contributed by atoms with E-state index in [2.05, 4.69) is 5.32 Å². The normalized spacial score (nSPS) is 10.6. The number of ether oxygens (including phenoxy) is 1. The van der Waals surface area contributed by atoms with Crippen LogP contribution in [-0.2, 0) is 6.61 Å². The Balaban J connectivity index is 1.51. The van der Waals surface area contributed by atoms with E-state index in [1.54, 1.807) is 6.07 Å². The second kappa shape index (κ2) is 7.15. The van der Waals surface area contributed by atoms with E-state index in [0.29, 0.717) is 17.9 Å². The second-order valence-corrected chi connectivity index (χ2v) is 5.86. The monoisotopic (exact) mass is 343 g/mol. The molecule has 128 valence electrons. The van der Waals surface area contributed by atoms with Crippen LogP contribution in [-0.4, -0.2) is 5.91 Å². The summed E-state index contributed by atoms with van der Waals surface area (Å²) in [4.78, 5) is 12.6. The molecule has 3 aromatic carbocycles. The number of amides is 1. The Morgan fingerprint density at radius 1 is 0.885 bits per heavy atom. The van der Waals surface area contributed by atoms with Crippen molar-refractivity contribution >= 4 is 22.6 Å². The Morgan fingerprint density at radius 3 is 2.46 bits per heavy atom. The van der Waals surface area contributed by atoms with Crippen molar-refractivity contribution in [3.05, 3.63) is 96.3 Å². The van der Waals surface area contributed by atoms with Gasteiger partial charge >= 0.3 is 0 Å². The Hall–Kier alpha value is -3.53. The lowest BCUT2D eigenvalue weighted by atomic mass is 10.2. The standard InChI is InChI=1S/C22H17NO3/c24-22(21-14-16-8-5-7-13-20(16)26-21)23-19-12-6-4-9-17(19)15-25-18-10-2-1-3-11-18/h1-14H,15H2,(H,23,24). The van der Waals surface area contributed by atoms with Crippen molar-refractivity contribution in [2.45, 2.75) is 6.61 Å². The summed E-state index contributed by atoms with van der Waals surface area (Å²) in [5, 5.41) is 3.81. The van der Waals surface area contributed by atoms with E-state index >= 15 is 0 Å². The number of carbonyl (C=O) groups excluding carboxylic acids is 1. The summed E-state index contributed by atoms with van der Waals surface area (Å²) in [6.45, 7) is 0.362. The highest BCUT2D eigenvalue weighted by atomic mass is 16.5. The lowest BCUT2D eigenvalue weighted by Gasteiger charge is -2.11. The van der Waals surface area contributed by atoms with Crippen LogP contribution in [0.15, 0.2) is 89.3 Å². The van der Waals surface area contributed by atoms with Crippen LogP contribution in [0.2, 0.25) is 0 Å². The molecule has 4 rings (SSSR count). The van der Waals surface area contributed by atoms with Gasteiger partial charge in [0.25, 0.3) is 5.91 Å². The number of rotatable bonds is 5. The fourth-order valence-corrected chi connectivity index (χ4v) is 2.72. The van der Waals surface area contributed by atoms with Crippen molar-refractivity contribution in [1.82, 2.24) is 0 Å². The van der Waals surface area contributed by atoms with Crippen LogP contribution in [0, 0.1) is 0 Å². The summed E-state index contributed by atoms with van der Waals surface area (Å²) < 4.78 is 11.4. The largest absolute Gasteiger partial charge is 0.489 e. The van der Waals surface area contributed by atoms with Crippen molar-refractivity contribution in [1.29, 1.82) is 0 Å². The lowest BCUT2D eigenvalue weighted by Crippen LogP contribution is -2.13. The predicted octanol–water partition coefficient (Wildman–Crippen LogP) is 5.26. The maximum atomic E-state index is 12.6. The van der Waals surface area contributed by atoms with Crippen LogP contribution in [0.25, 0.3) is 11.0 Å². The molecule has 0 radical (unpaired) electrons. The summed E-state index contributed by atoms with van der Waals surface area (Å²) >= 11 is 0. The fourth-order valence-electron chi connectivity index (χ4n) is 2.72. The van der Waals surface area contributed by atoms with Crippen molar-refractivity contribution in [3.8, 4) is 5.75 Å².